The highest BCUT2D eigenvalue weighted by atomic mass is 32.2. The number of nitrogens with zero attached hydrogens (tertiary/aromatic N) is 2. The molecule has 2 rings (SSSR count). The molecule has 0 spiro atoms. The highest BCUT2D eigenvalue weighted by Gasteiger charge is 2.10. The van der Waals surface area contributed by atoms with Crippen LogP contribution in [0.15, 0.2) is 47.6 Å². The fourth-order valence-electron chi connectivity index (χ4n) is 1.69. The third kappa shape index (κ3) is 3.62. The number of aliphatic hydroxyl groups excluding tert-OH is 1. The largest absolute Gasteiger partial charge is 0.387 e. The number of thioether (sulfide) groups is 1. The number of aryl methyl sites for hydroxylation is 1. The predicted molar refractivity (Wildman–Crippen MR) is 74.6 cm³/mol. The van der Waals surface area contributed by atoms with Gasteiger partial charge in [0.15, 0.2) is 0 Å². The van der Waals surface area contributed by atoms with Crippen molar-refractivity contribution in [2.24, 2.45) is 0 Å². The standard InChI is InChI=1S/C14H18N2OS/c1-2-8-16-10-12(9-15-16)14(17)11-18-13-6-4-3-5-7-13/h3-7,9-10,14,17H,2,8,11H2,1H3. The number of benzene rings is 1. The summed E-state index contributed by atoms with van der Waals surface area (Å²) in [4.78, 5) is 1.18. The van der Waals surface area contributed by atoms with Gasteiger partial charge in [-0.3, -0.25) is 4.68 Å². The average molecular weight is 262 g/mol. The van der Waals surface area contributed by atoms with E-state index >= 15 is 0 Å². The average Bonchev–Trinajstić information content (AvgIpc) is 2.86. The quantitative estimate of drug-likeness (QED) is 0.813. The van der Waals surface area contributed by atoms with Gasteiger partial charge in [-0.15, -0.1) is 11.8 Å². The van der Waals surface area contributed by atoms with Crippen LogP contribution in [0.2, 0.25) is 0 Å². The van der Waals surface area contributed by atoms with Crippen LogP contribution >= 0.6 is 11.8 Å². The monoisotopic (exact) mass is 262 g/mol. The fraction of sp³-hybridized carbons (Fsp3) is 0.357. The van der Waals surface area contributed by atoms with Crippen molar-refractivity contribution in [1.82, 2.24) is 9.78 Å². The molecule has 0 fully saturated rings. The second-order valence-corrected chi connectivity index (χ2v) is 5.27. The van der Waals surface area contributed by atoms with E-state index in [0.717, 1.165) is 18.5 Å². The van der Waals surface area contributed by atoms with Crippen LogP contribution in [-0.4, -0.2) is 20.6 Å². The first-order valence-corrected chi connectivity index (χ1v) is 7.16. The summed E-state index contributed by atoms with van der Waals surface area (Å²) < 4.78 is 1.88. The Morgan fingerprint density at radius 1 is 1.33 bits per heavy atom. The summed E-state index contributed by atoms with van der Waals surface area (Å²) in [6.07, 6.45) is 4.28. The molecule has 0 saturated carbocycles. The summed E-state index contributed by atoms with van der Waals surface area (Å²) in [5.74, 6) is 0.655. The first-order chi connectivity index (χ1) is 8.79. The zero-order valence-electron chi connectivity index (χ0n) is 10.5. The van der Waals surface area contributed by atoms with E-state index < -0.39 is 6.10 Å². The smallest absolute Gasteiger partial charge is 0.0914 e. The normalized spacial score (nSPS) is 12.6. The van der Waals surface area contributed by atoms with E-state index in [-0.39, 0.29) is 0 Å². The lowest BCUT2D eigenvalue weighted by Gasteiger charge is -2.07. The van der Waals surface area contributed by atoms with Gasteiger partial charge < -0.3 is 5.11 Å². The molecule has 1 aromatic carbocycles. The minimum absolute atomic E-state index is 0.458. The van der Waals surface area contributed by atoms with E-state index in [1.165, 1.54) is 4.90 Å². The topological polar surface area (TPSA) is 38.0 Å². The highest BCUT2D eigenvalue weighted by Crippen LogP contribution is 2.24. The molecule has 2 aromatic rings. The minimum atomic E-state index is -0.458. The van der Waals surface area contributed by atoms with Crippen molar-refractivity contribution in [2.75, 3.05) is 5.75 Å². The van der Waals surface area contributed by atoms with Gasteiger partial charge in [0, 0.05) is 29.0 Å². The Balaban J connectivity index is 1.89. The van der Waals surface area contributed by atoms with Gasteiger partial charge in [-0.2, -0.15) is 5.10 Å². The number of hydrogen-bond donors (Lipinski definition) is 1. The second kappa shape index (κ2) is 6.61. The van der Waals surface area contributed by atoms with Gasteiger partial charge in [0.1, 0.15) is 0 Å². The molecule has 4 heteroatoms. The van der Waals surface area contributed by atoms with E-state index in [4.69, 9.17) is 0 Å². The van der Waals surface area contributed by atoms with Crippen LogP contribution in [0.3, 0.4) is 0 Å². The van der Waals surface area contributed by atoms with Crippen molar-refractivity contribution < 1.29 is 5.11 Å². The van der Waals surface area contributed by atoms with Crippen molar-refractivity contribution >= 4 is 11.8 Å². The fourth-order valence-corrected chi connectivity index (χ4v) is 2.58. The SMILES string of the molecule is CCCn1cc(C(O)CSc2ccccc2)cn1. The Morgan fingerprint density at radius 3 is 2.83 bits per heavy atom. The molecule has 0 radical (unpaired) electrons. The molecule has 96 valence electrons. The van der Waals surface area contributed by atoms with Gasteiger partial charge in [0.25, 0.3) is 0 Å². The lowest BCUT2D eigenvalue weighted by Crippen LogP contribution is -2.00. The Kier molecular flexibility index (Phi) is 4.84. The van der Waals surface area contributed by atoms with Crippen molar-refractivity contribution in [3.05, 3.63) is 48.3 Å². The van der Waals surface area contributed by atoms with Crippen LogP contribution in [0.4, 0.5) is 0 Å². The van der Waals surface area contributed by atoms with Crippen LogP contribution in [0.25, 0.3) is 0 Å². The van der Waals surface area contributed by atoms with Crippen molar-refractivity contribution in [3.8, 4) is 0 Å². The first-order valence-electron chi connectivity index (χ1n) is 6.18. The van der Waals surface area contributed by atoms with Crippen molar-refractivity contribution in [1.29, 1.82) is 0 Å². The maximum atomic E-state index is 10.1. The number of aliphatic hydroxyl groups is 1. The van der Waals surface area contributed by atoms with E-state index in [1.54, 1.807) is 18.0 Å². The van der Waals surface area contributed by atoms with Crippen LogP contribution in [0.5, 0.6) is 0 Å². The Bertz CT molecular complexity index is 470. The van der Waals surface area contributed by atoms with Gasteiger partial charge >= 0.3 is 0 Å². The van der Waals surface area contributed by atoms with E-state index in [1.807, 2.05) is 29.1 Å². The zero-order valence-corrected chi connectivity index (χ0v) is 11.3. The summed E-state index contributed by atoms with van der Waals surface area (Å²) in [5.41, 5.74) is 0.895. The van der Waals surface area contributed by atoms with Gasteiger partial charge in [-0.05, 0) is 18.6 Å². The summed E-state index contributed by atoms with van der Waals surface area (Å²) in [6, 6.07) is 10.1. The van der Waals surface area contributed by atoms with Crippen LogP contribution in [-0.2, 0) is 6.54 Å². The van der Waals surface area contributed by atoms with Gasteiger partial charge in [0.2, 0.25) is 0 Å². The Morgan fingerprint density at radius 2 is 2.11 bits per heavy atom. The molecule has 1 atom stereocenters. The Labute approximate surface area is 112 Å². The molecule has 0 aliphatic heterocycles. The number of hydrogen-bond acceptors (Lipinski definition) is 3. The summed E-state index contributed by atoms with van der Waals surface area (Å²) in [6.45, 7) is 3.02. The van der Waals surface area contributed by atoms with Gasteiger partial charge in [-0.1, -0.05) is 25.1 Å². The molecule has 0 amide bonds. The van der Waals surface area contributed by atoms with E-state index in [9.17, 15) is 5.11 Å². The van der Waals surface area contributed by atoms with Crippen LogP contribution < -0.4 is 0 Å². The minimum Gasteiger partial charge on any atom is -0.387 e. The molecule has 0 aliphatic carbocycles. The third-order valence-corrected chi connectivity index (χ3v) is 3.73. The van der Waals surface area contributed by atoms with Crippen molar-refractivity contribution in [3.63, 3.8) is 0 Å². The molecule has 3 nitrogen and oxygen atoms in total. The van der Waals surface area contributed by atoms with E-state index in [2.05, 4.69) is 24.2 Å². The summed E-state index contributed by atoms with van der Waals surface area (Å²) >= 11 is 1.66. The summed E-state index contributed by atoms with van der Waals surface area (Å²) in [5, 5.41) is 14.3. The molecular weight excluding hydrogens is 244 g/mol. The molecule has 18 heavy (non-hydrogen) atoms. The number of aromatic nitrogens is 2. The predicted octanol–water partition coefficient (Wildman–Crippen LogP) is 3.12. The molecule has 0 aliphatic rings. The van der Waals surface area contributed by atoms with Crippen molar-refractivity contribution in [2.45, 2.75) is 30.9 Å². The molecular formula is C14H18N2OS. The molecule has 0 saturated heterocycles. The van der Waals surface area contributed by atoms with Crippen LogP contribution in [0.1, 0.15) is 25.0 Å². The third-order valence-electron chi connectivity index (χ3n) is 2.64. The number of rotatable bonds is 6. The van der Waals surface area contributed by atoms with Crippen LogP contribution in [0, 0.1) is 0 Å². The highest BCUT2D eigenvalue weighted by molar-refractivity contribution is 7.99. The maximum absolute atomic E-state index is 10.1. The van der Waals surface area contributed by atoms with E-state index in [0.29, 0.717) is 5.75 Å². The van der Waals surface area contributed by atoms with Gasteiger partial charge in [0.05, 0.1) is 12.3 Å². The lowest BCUT2D eigenvalue weighted by atomic mass is 10.2. The first kappa shape index (κ1) is 13.2. The molecule has 1 heterocycles. The molecule has 1 aromatic heterocycles. The zero-order chi connectivity index (χ0) is 12.8. The maximum Gasteiger partial charge on any atom is 0.0914 e. The lowest BCUT2D eigenvalue weighted by molar-refractivity contribution is 0.204. The molecule has 1 unspecified atom stereocenters. The second-order valence-electron chi connectivity index (χ2n) is 4.18. The summed E-state index contributed by atoms with van der Waals surface area (Å²) in [7, 11) is 0. The van der Waals surface area contributed by atoms with Gasteiger partial charge in [-0.25, -0.2) is 0 Å². The molecule has 1 N–H and O–H groups in total. The molecule has 0 bridgehead atoms. The Hall–Kier alpha value is -1.26.